The molecular weight excluding hydrogens is 232 g/mol. The lowest BCUT2D eigenvalue weighted by Crippen LogP contribution is -2.26. The van der Waals surface area contributed by atoms with E-state index in [1.165, 1.54) is 0 Å². The maximum Gasteiger partial charge on any atom is 0.306 e. The monoisotopic (exact) mass is 246 g/mol. The molecule has 1 N–H and O–H groups in total. The number of hydrogen-bond acceptors (Lipinski definition) is 3. The van der Waals surface area contributed by atoms with E-state index in [2.05, 4.69) is 9.55 Å². The summed E-state index contributed by atoms with van der Waals surface area (Å²) in [5, 5.41) is 9.03. The molecule has 0 aromatic carbocycles. The van der Waals surface area contributed by atoms with Gasteiger partial charge in [-0.3, -0.25) is 4.79 Å². The zero-order valence-corrected chi connectivity index (χ0v) is 9.87. The zero-order valence-electron chi connectivity index (χ0n) is 9.87. The molecule has 0 spiro atoms. The molecule has 94 valence electrons. The van der Waals surface area contributed by atoms with Gasteiger partial charge in [-0.25, -0.2) is 4.98 Å². The van der Waals surface area contributed by atoms with E-state index in [4.69, 9.17) is 9.52 Å². The average Bonchev–Trinajstić information content (AvgIpc) is 2.99. The fourth-order valence-electron chi connectivity index (χ4n) is 2.45. The van der Waals surface area contributed by atoms with Crippen molar-refractivity contribution in [2.24, 2.45) is 5.92 Å². The van der Waals surface area contributed by atoms with Gasteiger partial charge in [0.05, 0.1) is 18.6 Å². The Labute approximate surface area is 104 Å². The van der Waals surface area contributed by atoms with Crippen LogP contribution in [0.2, 0.25) is 0 Å². The van der Waals surface area contributed by atoms with E-state index in [9.17, 15) is 4.79 Å². The lowest BCUT2D eigenvalue weighted by molar-refractivity contribution is -0.142. The number of carbonyl (C=O) groups is 1. The maximum absolute atomic E-state index is 11.0. The highest BCUT2D eigenvalue weighted by atomic mass is 16.4. The summed E-state index contributed by atoms with van der Waals surface area (Å²) < 4.78 is 7.42. The van der Waals surface area contributed by atoms with Crippen molar-refractivity contribution >= 4 is 5.97 Å². The minimum absolute atomic E-state index is 0.273. The first-order valence-corrected chi connectivity index (χ1v) is 6.02. The lowest BCUT2D eigenvalue weighted by Gasteiger charge is -2.21. The molecule has 0 bridgehead atoms. The summed E-state index contributed by atoms with van der Waals surface area (Å²) in [6, 6.07) is 3.78. The SMILES string of the molecule is O=C(O)C1CCn2c(cnc2Cc2ccco2)C1. The second kappa shape index (κ2) is 4.33. The van der Waals surface area contributed by atoms with Gasteiger partial charge in [-0.05, 0) is 18.6 Å². The Morgan fingerprint density at radius 1 is 1.61 bits per heavy atom. The van der Waals surface area contributed by atoms with Crippen LogP contribution >= 0.6 is 0 Å². The molecule has 2 aromatic rings. The predicted molar refractivity (Wildman–Crippen MR) is 63.2 cm³/mol. The van der Waals surface area contributed by atoms with Gasteiger partial charge >= 0.3 is 5.97 Å². The topological polar surface area (TPSA) is 68.3 Å². The number of nitrogens with zero attached hydrogens (tertiary/aromatic N) is 2. The van der Waals surface area contributed by atoms with Gasteiger partial charge in [0.15, 0.2) is 0 Å². The third-order valence-corrected chi connectivity index (χ3v) is 3.44. The molecule has 0 saturated carbocycles. The molecule has 3 heterocycles. The first-order chi connectivity index (χ1) is 8.74. The van der Waals surface area contributed by atoms with Crippen LogP contribution in [0.25, 0.3) is 0 Å². The van der Waals surface area contributed by atoms with E-state index < -0.39 is 5.97 Å². The summed E-state index contributed by atoms with van der Waals surface area (Å²) in [5.74, 6) is 0.841. The van der Waals surface area contributed by atoms with Crippen molar-refractivity contribution in [1.29, 1.82) is 0 Å². The van der Waals surface area contributed by atoms with Crippen molar-refractivity contribution in [2.75, 3.05) is 0 Å². The highest BCUT2D eigenvalue weighted by Gasteiger charge is 2.26. The quantitative estimate of drug-likeness (QED) is 0.895. The van der Waals surface area contributed by atoms with Crippen LogP contribution in [0.3, 0.4) is 0 Å². The minimum atomic E-state index is -0.713. The smallest absolute Gasteiger partial charge is 0.306 e. The number of carboxylic acids is 1. The normalized spacial score (nSPS) is 18.6. The van der Waals surface area contributed by atoms with Crippen LogP contribution in [0.15, 0.2) is 29.0 Å². The fraction of sp³-hybridized carbons (Fsp3) is 0.385. The van der Waals surface area contributed by atoms with E-state index in [1.807, 2.05) is 12.1 Å². The standard InChI is InChI=1S/C13H14N2O3/c16-13(17)9-3-4-15-10(6-9)8-14-12(15)7-11-2-1-5-18-11/h1-2,5,8-9H,3-4,6-7H2,(H,16,17). The first kappa shape index (κ1) is 11.1. The number of furan rings is 1. The highest BCUT2D eigenvalue weighted by molar-refractivity contribution is 5.70. The zero-order chi connectivity index (χ0) is 12.5. The number of aliphatic carboxylic acids is 1. The van der Waals surface area contributed by atoms with Gasteiger partial charge in [0.1, 0.15) is 11.6 Å². The van der Waals surface area contributed by atoms with E-state index in [1.54, 1.807) is 12.5 Å². The van der Waals surface area contributed by atoms with Crippen LogP contribution in [-0.4, -0.2) is 20.6 Å². The van der Waals surface area contributed by atoms with Crippen LogP contribution in [0.4, 0.5) is 0 Å². The summed E-state index contributed by atoms with van der Waals surface area (Å²) in [5.41, 5.74) is 1.01. The van der Waals surface area contributed by atoms with Gasteiger partial charge in [-0.1, -0.05) is 0 Å². The highest BCUT2D eigenvalue weighted by Crippen LogP contribution is 2.23. The van der Waals surface area contributed by atoms with Gasteiger partial charge in [-0.15, -0.1) is 0 Å². The predicted octanol–water partition coefficient (Wildman–Crippen LogP) is 1.71. The summed E-state index contributed by atoms with van der Waals surface area (Å²) in [6.45, 7) is 0.725. The van der Waals surface area contributed by atoms with E-state index in [-0.39, 0.29) is 5.92 Å². The van der Waals surface area contributed by atoms with Crippen molar-refractivity contribution in [3.05, 3.63) is 41.9 Å². The average molecular weight is 246 g/mol. The molecule has 5 heteroatoms. The Morgan fingerprint density at radius 2 is 2.50 bits per heavy atom. The Morgan fingerprint density at radius 3 is 3.22 bits per heavy atom. The van der Waals surface area contributed by atoms with Crippen molar-refractivity contribution in [3.63, 3.8) is 0 Å². The largest absolute Gasteiger partial charge is 0.481 e. The second-order valence-corrected chi connectivity index (χ2v) is 4.60. The second-order valence-electron chi connectivity index (χ2n) is 4.60. The molecular formula is C13H14N2O3. The molecule has 1 aliphatic heterocycles. The number of hydrogen-bond donors (Lipinski definition) is 1. The molecule has 1 aliphatic rings. The summed E-state index contributed by atoms with van der Waals surface area (Å²) in [6.07, 6.45) is 5.33. The van der Waals surface area contributed by atoms with Crippen LogP contribution in [0.5, 0.6) is 0 Å². The van der Waals surface area contributed by atoms with Crippen molar-refractivity contribution in [1.82, 2.24) is 9.55 Å². The molecule has 3 rings (SSSR count). The maximum atomic E-state index is 11.0. The number of fused-ring (bicyclic) bond motifs is 1. The number of aromatic nitrogens is 2. The van der Waals surface area contributed by atoms with Crippen molar-refractivity contribution in [2.45, 2.75) is 25.8 Å². The molecule has 2 aromatic heterocycles. The molecule has 0 radical (unpaired) electrons. The molecule has 1 atom stereocenters. The molecule has 0 aliphatic carbocycles. The molecule has 0 saturated heterocycles. The Bertz CT molecular complexity index is 557. The van der Waals surface area contributed by atoms with Gasteiger partial charge < -0.3 is 14.1 Å². The number of imidazole rings is 1. The van der Waals surface area contributed by atoms with Gasteiger partial charge in [0.25, 0.3) is 0 Å². The van der Waals surface area contributed by atoms with Gasteiger partial charge in [0.2, 0.25) is 0 Å². The third-order valence-electron chi connectivity index (χ3n) is 3.44. The van der Waals surface area contributed by atoms with E-state index in [0.717, 1.165) is 23.8 Å². The molecule has 0 amide bonds. The Hall–Kier alpha value is -2.04. The first-order valence-electron chi connectivity index (χ1n) is 6.02. The molecule has 5 nitrogen and oxygen atoms in total. The Balaban J connectivity index is 1.82. The van der Waals surface area contributed by atoms with E-state index in [0.29, 0.717) is 19.3 Å². The lowest BCUT2D eigenvalue weighted by atomic mass is 9.96. The van der Waals surface area contributed by atoms with Crippen molar-refractivity contribution < 1.29 is 14.3 Å². The molecule has 18 heavy (non-hydrogen) atoms. The van der Waals surface area contributed by atoms with E-state index >= 15 is 0 Å². The van der Waals surface area contributed by atoms with Crippen molar-refractivity contribution in [3.8, 4) is 0 Å². The molecule has 0 fully saturated rings. The van der Waals surface area contributed by atoms with Crippen LogP contribution in [-0.2, 0) is 24.2 Å². The third kappa shape index (κ3) is 1.92. The Kier molecular flexibility index (Phi) is 2.66. The number of rotatable bonds is 3. The molecule has 1 unspecified atom stereocenters. The van der Waals surface area contributed by atoms with Gasteiger partial charge in [0, 0.05) is 24.9 Å². The summed E-state index contributed by atoms with van der Waals surface area (Å²) in [7, 11) is 0. The van der Waals surface area contributed by atoms with Crippen LogP contribution in [0.1, 0.15) is 23.7 Å². The number of carboxylic acid groups (broad SMARTS) is 1. The summed E-state index contributed by atoms with van der Waals surface area (Å²) in [4.78, 5) is 15.4. The summed E-state index contributed by atoms with van der Waals surface area (Å²) >= 11 is 0. The van der Waals surface area contributed by atoms with Crippen LogP contribution < -0.4 is 0 Å². The minimum Gasteiger partial charge on any atom is -0.481 e. The fourth-order valence-corrected chi connectivity index (χ4v) is 2.45. The van der Waals surface area contributed by atoms with Crippen LogP contribution in [0, 0.1) is 5.92 Å². The van der Waals surface area contributed by atoms with Gasteiger partial charge in [-0.2, -0.15) is 0 Å².